The van der Waals surface area contributed by atoms with Gasteiger partial charge in [0.25, 0.3) is 0 Å². The van der Waals surface area contributed by atoms with Gasteiger partial charge in [-0.15, -0.1) is 0 Å². The van der Waals surface area contributed by atoms with Gasteiger partial charge < -0.3 is 0 Å². The Balaban J connectivity index is 3.11. The van der Waals surface area contributed by atoms with Crippen LogP contribution in [-0.4, -0.2) is 6.29 Å². The highest BCUT2D eigenvalue weighted by molar-refractivity contribution is 9.10. The molecule has 1 nitrogen and oxygen atoms in total. The predicted octanol–water partition coefficient (Wildman–Crippen LogP) is 4.00. The van der Waals surface area contributed by atoms with E-state index in [4.69, 9.17) is 0 Å². The van der Waals surface area contributed by atoms with Gasteiger partial charge in [0.05, 0.1) is 0 Å². The van der Waals surface area contributed by atoms with Gasteiger partial charge in [0.2, 0.25) is 0 Å². The summed E-state index contributed by atoms with van der Waals surface area (Å²) in [4.78, 5) is 10.8. The molecule has 0 fully saturated rings. The molecule has 0 amide bonds. The monoisotopic (exact) mass is 266 g/mol. The summed E-state index contributed by atoms with van der Waals surface area (Å²) in [5.41, 5.74) is 3.08. The Bertz CT molecular complexity index is 392. The highest BCUT2D eigenvalue weighted by atomic mass is 79.9. The van der Waals surface area contributed by atoms with Crippen LogP contribution in [0.15, 0.2) is 28.2 Å². The van der Waals surface area contributed by atoms with Crippen LogP contribution in [0.2, 0.25) is 0 Å². The first kappa shape index (κ1) is 12.2. The van der Waals surface area contributed by atoms with Crippen molar-refractivity contribution in [2.24, 2.45) is 5.92 Å². The molecule has 15 heavy (non-hydrogen) atoms. The van der Waals surface area contributed by atoms with Gasteiger partial charge in [-0.1, -0.05) is 41.9 Å². The number of benzene rings is 1. The second-order valence-corrected chi connectivity index (χ2v) is 4.80. The maximum Gasteiger partial charge on any atom is 0.146 e. The van der Waals surface area contributed by atoms with Crippen LogP contribution in [0.5, 0.6) is 0 Å². The largest absolute Gasteiger partial charge is 0.298 e. The molecule has 0 aliphatic carbocycles. The standard InChI is InChI=1S/C13H15BrO/c1-9(2)12(8-15)7-11-5-4-10(3)6-13(11)14/h4-9H,1-3H3/b12-7+. The zero-order chi connectivity index (χ0) is 11.4. The SMILES string of the molecule is Cc1ccc(/C=C(\C=O)C(C)C)c(Br)c1. The average molecular weight is 267 g/mol. The molecular formula is C13H15BrO. The number of halogens is 1. The number of hydrogen-bond donors (Lipinski definition) is 0. The Kier molecular flexibility index (Phi) is 4.28. The zero-order valence-electron chi connectivity index (χ0n) is 9.25. The van der Waals surface area contributed by atoms with Crippen LogP contribution in [0.3, 0.4) is 0 Å². The fraction of sp³-hybridized carbons (Fsp3) is 0.308. The number of hydrogen-bond acceptors (Lipinski definition) is 1. The van der Waals surface area contributed by atoms with Crippen LogP contribution in [0.4, 0.5) is 0 Å². The minimum Gasteiger partial charge on any atom is -0.298 e. The van der Waals surface area contributed by atoms with E-state index in [-0.39, 0.29) is 5.92 Å². The van der Waals surface area contributed by atoms with Gasteiger partial charge in [-0.25, -0.2) is 0 Å². The molecule has 0 radical (unpaired) electrons. The van der Waals surface area contributed by atoms with E-state index in [1.54, 1.807) is 0 Å². The molecule has 0 spiro atoms. The summed E-state index contributed by atoms with van der Waals surface area (Å²) in [7, 11) is 0. The number of carbonyl (C=O) groups excluding carboxylic acids is 1. The molecule has 0 saturated heterocycles. The first-order chi connectivity index (χ1) is 7.04. The van der Waals surface area contributed by atoms with Gasteiger partial charge in [-0.2, -0.15) is 0 Å². The van der Waals surface area contributed by atoms with Crippen LogP contribution < -0.4 is 0 Å². The summed E-state index contributed by atoms with van der Waals surface area (Å²) in [5.74, 6) is 0.260. The van der Waals surface area contributed by atoms with Gasteiger partial charge in [0.1, 0.15) is 6.29 Å². The molecule has 0 bridgehead atoms. The maximum absolute atomic E-state index is 10.8. The quantitative estimate of drug-likeness (QED) is 0.597. The summed E-state index contributed by atoms with van der Waals surface area (Å²) in [6.45, 7) is 6.08. The molecule has 1 rings (SSSR count). The molecule has 0 unspecified atom stereocenters. The van der Waals surface area contributed by atoms with Crippen LogP contribution in [-0.2, 0) is 4.79 Å². The number of rotatable bonds is 3. The third-order valence-corrected chi connectivity index (χ3v) is 2.97. The van der Waals surface area contributed by atoms with Crippen molar-refractivity contribution in [3.8, 4) is 0 Å². The lowest BCUT2D eigenvalue weighted by atomic mass is 10.0. The topological polar surface area (TPSA) is 17.1 Å². The number of aryl methyl sites for hydroxylation is 1. The summed E-state index contributed by atoms with van der Waals surface area (Å²) in [6.07, 6.45) is 2.86. The summed E-state index contributed by atoms with van der Waals surface area (Å²) >= 11 is 3.49. The van der Waals surface area contributed by atoms with E-state index in [1.807, 2.05) is 39.0 Å². The summed E-state index contributed by atoms with van der Waals surface area (Å²) < 4.78 is 1.03. The van der Waals surface area contributed by atoms with Crippen molar-refractivity contribution in [3.05, 3.63) is 39.4 Å². The summed E-state index contributed by atoms with van der Waals surface area (Å²) in [5, 5.41) is 0. The normalized spacial score (nSPS) is 11.9. The molecular weight excluding hydrogens is 252 g/mol. The molecule has 0 saturated carbocycles. The van der Waals surface area contributed by atoms with Crippen LogP contribution in [0, 0.1) is 12.8 Å². The van der Waals surface area contributed by atoms with E-state index in [0.717, 1.165) is 21.9 Å². The maximum atomic E-state index is 10.8. The molecule has 0 heterocycles. The first-order valence-corrected chi connectivity index (χ1v) is 5.77. The van der Waals surface area contributed by atoms with Crippen molar-refractivity contribution in [2.45, 2.75) is 20.8 Å². The molecule has 0 N–H and O–H groups in total. The first-order valence-electron chi connectivity index (χ1n) is 4.97. The van der Waals surface area contributed by atoms with Gasteiger partial charge >= 0.3 is 0 Å². The van der Waals surface area contributed by atoms with Crippen molar-refractivity contribution < 1.29 is 4.79 Å². The van der Waals surface area contributed by atoms with Crippen molar-refractivity contribution in [3.63, 3.8) is 0 Å². The van der Waals surface area contributed by atoms with E-state index in [1.165, 1.54) is 5.56 Å². The van der Waals surface area contributed by atoms with Gasteiger partial charge in [-0.05, 0) is 41.7 Å². The molecule has 0 aliphatic heterocycles. The Hall–Kier alpha value is -0.890. The number of aldehydes is 1. The zero-order valence-corrected chi connectivity index (χ0v) is 10.8. The number of allylic oxidation sites excluding steroid dienone is 1. The molecule has 2 heteroatoms. The lowest BCUT2D eigenvalue weighted by Gasteiger charge is -2.05. The van der Waals surface area contributed by atoms with Crippen molar-refractivity contribution in [1.29, 1.82) is 0 Å². The summed E-state index contributed by atoms with van der Waals surface area (Å²) in [6, 6.07) is 6.11. The fourth-order valence-corrected chi connectivity index (χ4v) is 1.87. The molecule has 80 valence electrons. The molecule has 0 aromatic heterocycles. The Labute approximate surface area is 99.3 Å². The predicted molar refractivity (Wildman–Crippen MR) is 67.8 cm³/mol. The van der Waals surface area contributed by atoms with E-state index >= 15 is 0 Å². The van der Waals surface area contributed by atoms with Crippen molar-refractivity contribution >= 4 is 28.3 Å². The lowest BCUT2D eigenvalue weighted by Crippen LogP contribution is -1.95. The van der Waals surface area contributed by atoms with E-state index in [2.05, 4.69) is 22.0 Å². The second kappa shape index (κ2) is 5.26. The average Bonchev–Trinajstić information content (AvgIpc) is 2.16. The molecule has 0 atom stereocenters. The highest BCUT2D eigenvalue weighted by Gasteiger charge is 2.03. The molecule has 1 aromatic rings. The van der Waals surface area contributed by atoms with Crippen LogP contribution in [0.1, 0.15) is 25.0 Å². The minimum atomic E-state index is 0.260. The fourth-order valence-electron chi connectivity index (χ4n) is 1.27. The van der Waals surface area contributed by atoms with Gasteiger partial charge in [-0.3, -0.25) is 4.79 Å². The number of carbonyl (C=O) groups is 1. The van der Waals surface area contributed by atoms with Crippen molar-refractivity contribution in [1.82, 2.24) is 0 Å². The Morgan fingerprint density at radius 1 is 1.40 bits per heavy atom. The molecule has 0 aliphatic rings. The third-order valence-electron chi connectivity index (χ3n) is 2.28. The third kappa shape index (κ3) is 3.31. The lowest BCUT2D eigenvalue weighted by molar-refractivity contribution is -0.105. The van der Waals surface area contributed by atoms with Gasteiger partial charge in [0.15, 0.2) is 0 Å². The Morgan fingerprint density at radius 3 is 2.53 bits per heavy atom. The molecule has 1 aromatic carbocycles. The van der Waals surface area contributed by atoms with Crippen LogP contribution in [0.25, 0.3) is 6.08 Å². The minimum absolute atomic E-state index is 0.260. The Morgan fingerprint density at radius 2 is 2.07 bits per heavy atom. The van der Waals surface area contributed by atoms with E-state index in [0.29, 0.717) is 0 Å². The van der Waals surface area contributed by atoms with Crippen molar-refractivity contribution in [2.75, 3.05) is 0 Å². The smallest absolute Gasteiger partial charge is 0.146 e. The van der Waals surface area contributed by atoms with E-state index < -0.39 is 0 Å². The van der Waals surface area contributed by atoms with Gasteiger partial charge in [0, 0.05) is 4.47 Å². The second-order valence-electron chi connectivity index (χ2n) is 3.94. The van der Waals surface area contributed by atoms with Crippen LogP contribution >= 0.6 is 15.9 Å². The van der Waals surface area contributed by atoms with E-state index in [9.17, 15) is 4.79 Å². The highest BCUT2D eigenvalue weighted by Crippen LogP contribution is 2.22.